The van der Waals surface area contributed by atoms with Crippen molar-refractivity contribution in [1.82, 2.24) is 20.1 Å². The Morgan fingerprint density at radius 3 is 2.69 bits per heavy atom. The molecular formula is C26H32FN5O2S. The number of aromatic nitrogens is 3. The van der Waals surface area contributed by atoms with Crippen LogP contribution in [0.2, 0.25) is 0 Å². The van der Waals surface area contributed by atoms with Crippen molar-refractivity contribution in [2.45, 2.75) is 62.8 Å². The molecule has 9 heteroatoms. The number of hydrogen-bond acceptors (Lipinski definition) is 6. The van der Waals surface area contributed by atoms with Gasteiger partial charge < -0.3 is 19.9 Å². The molecule has 7 nitrogen and oxygen atoms in total. The second-order valence-electron chi connectivity index (χ2n) is 8.78. The summed E-state index contributed by atoms with van der Waals surface area (Å²) in [6.07, 6.45) is 5.80. The molecule has 2 aromatic carbocycles. The fourth-order valence-electron chi connectivity index (χ4n) is 4.39. The third-order valence-corrected chi connectivity index (χ3v) is 7.22. The molecule has 0 spiro atoms. The molecule has 0 saturated heterocycles. The number of methoxy groups -OCH3 is 1. The molecule has 1 aromatic heterocycles. The van der Waals surface area contributed by atoms with Gasteiger partial charge in [0.1, 0.15) is 11.6 Å². The van der Waals surface area contributed by atoms with Crippen LogP contribution in [-0.2, 0) is 11.3 Å². The van der Waals surface area contributed by atoms with Crippen molar-refractivity contribution < 1.29 is 13.9 Å². The van der Waals surface area contributed by atoms with Gasteiger partial charge in [0.25, 0.3) is 0 Å². The van der Waals surface area contributed by atoms with E-state index < -0.39 is 0 Å². The van der Waals surface area contributed by atoms with Gasteiger partial charge in [0.05, 0.1) is 25.4 Å². The number of nitrogens with one attached hydrogen (secondary N) is 2. The quantitative estimate of drug-likeness (QED) is 0.360. The fourth-order valence-corrected chi connectivity index (χ4v) is 5.23. The lowest BCUT2D eigenvalue weighted by atomic mass is 9.95. The topological polar surface area (TPSA) is 81.1 Å². The Bertz CT molecular complexity index is 1120. The van der Waals surface area contributed by atoms with Crippen LogP contribution < -0.4 is 15.4 Å². The zero-order valence-electron chi connectivity index (χ0n) is 20.2. The lowest BCUT2D eigenvalue weighted by Gasteiger charge is -2.25. The van der Waals surface area contributed by atoms with Crippen LogP contribution in [0.25, 0.3) is 0 Å². The maximum Gasteiger partial charge on any atom is 0.230 e. The molecule has 1 amide bonds. The van der Waals surface area contributed by atoms with Crippen LogP contribution >= 0.6 is 11.8 Å². The number of thioether (sulfide) groups is 1. The SMILES string of the molecule is COc1cccc(NCc2nnc(SCC(=O)N[C@H](C)c3ccc(F)cc3)n2C2CCCCC2)c1. The van der Waals surface area contributed by atoms with E-state index in [2.05, 4.69) is 25.4 Å². The van der Waals surface area contributed by atoms with Crippen LogP contribution in [0.15, 0.2) is 53.7 Å². The summed E-state index contributed by atoms with van der Waals surface area (Å²) in [5.41, 5.74) is 1.81. The van der Waals surface area contributed by atoms with Crippen LogP contribution in [-0.4, -0.2) is 33.5 Å². The van der Waals surface area contributed by atoms with Gasteiger partial charge in [-0.1, -0.05) is 49.2 Å². The van der Waals surface area contributed by atoms with Crippen molar-refractivity contribution >= 4 is 23.4 Å². The Hall–Kier alpha value is -3.07. The van der Waals surface area contributed by atoms with Crippen molar-refractivity contribution in [1.29, 1.82) is 0 Å². The molecule has 4 rings (SSSR count). The summed E-state index contributed by atoms with van der Waals surface area (Å²) in [5, 5.41) is 16.1. The Balaban J connectivity index is 1.42. The number of hydrogen-bond donors (Lipinski definition) is 2. The van der Waals surface area contributed by atoms with E-state index in [1.807, 2.05) is 31.2 Å². The van der Waals surface area contributed by atoms with E-state index in [4.69, 9.17) is 4.74 Å². The van der Waals surface area contributed by atoms with Gasteiger partial charge in [-0.05, 0) is 49.6 Å². The van der Waals surface area contributed by atoms with Gasteiger partial charge in [0.15, 0.2) is 11.0 Å². The number of benzene rings is 2. The highest BCUT2D eigenvalue weighted by Gasteiger charge is 2.23. The number of rotatable bonds is 10. The monoisotopic (exact) mass is 497 g/mol. The predicted molar refractivity (Wildman–Crippen MR) is 136 cm³/mol. The summed E-state index contributed by atoms with van der Waals surface area (Å²) in [7, 11) is 1.65. The normalized spacial score (nSPS) is 14.9. The van der Waals surface area contributed by atoms with Crippen molar-refractivity contribution in [3.05, 3.63) is 65.7 Å². The van der Waals surface area contributed by atoms with Crippen molar-refractivity contribution in [2.75, 3.05) is 18.2 Å². The van der Waals surface area contributed by atoms with Gasteiger partial charge >= 0.3 is 0 Å². The second kappa shape index (κ2) is 12.1. The molecule has 1 heterocycles. The summed E-state index contributed by atoms with van der Waals surface area (Å²) in [5.74, 6) is 1.51. The molecule has 1 aliphatic carbocycles. The molecule has 186 valence electrons. The molecule has 1 fully saturated rings. The van der Waals surface area contributed by atoms with E-state index in [1.54, 1.807) is 19.2 Å². The van der Waals surface area contributed by atoms with Crippen molar-refractivity contribution in [2.24, 2.45) is 0 Å². The number of ether oxygens (including phenoxy) is 1. The molecule has 2 N–H and O–H groups in total. The van der Waals surface area contributed by atoms with E-state index in [9.17, 15) is 9.18 Å². The number of carbonyl (C=O) groups is 1. The highest BCUT2D eigenvalue weighted by atomic mass is 32.2. The van der Waals surface area contributed by atoms with Gasteiger partial charge in [-0.3, -0.25) is 4.79 Å². The second-order valence-corrected chi connectivity index (χ2v) is 9.72. The minimum atomic E-state index is -0.290. The van der Waals surface area contributed by atoms with Gasteiger partial charge in [-0.15, -0.1) is 10.2 Å². The van der Waals surface area contributed by atoms with E-state index >= 15 is 0 Å². The number of carbonyl (C=O) groups excluding carboxylic acids is 1. The maximum atomic E-state index is 13.2. The number of amides is 1. The zero-order chi connectivity index (χ0) is 24.6. The predicted octanol–water partition coefficient (Wildman–Crippen LogP) is 5.51. The number of nitrogens with zero attached hydrogens (tertiary/aromatic N) is 3. The Labute approximate surface area is 209 Å². The zero-order valence-corrected chi connectivity index (χ0v) is 21.0. The summed E-state index contributed by atoms with van der Waals surface area (Å²) >= 11 is 1.41. The van der Waals surface area contributed by atoms with Crippen LogP contribution in [0.3, 0.4) is 0 Å². The summed E-state index contributed by atoms with van der Waals surface area (Å²) < 4.78 is 20.7. The lowest BCUT2D eigenvalue weighted by molar-refractivity contribution is -0.119. The van der Waals surface area contributed by atoms with Crippen molar-refractivity contribution in [3.63, 3.8) is 0 Å². The van der Waals surface area contributed by atoms with Gasteiger partial charge in [0.2, 0.25) is 5.91 Å². The molecule has 1 atom stereocenters. The third kappa shape index (κ3) is 6.75. The van der Waals surface area contributed by atoms with Crippen LogP contribution in [0, 0.1) is 5.82 Å². The molecule has 35 heavy (non-hydrogen) atoms. The Morgan fingerprint density at radius 1 is 1.17 bits per heavy atom. The lowest BCUT2D eigenvalue weighted by Crippen LogP contribution is -2.28. The highest BCUT2D eigenvalue weighted by molar-refractivity contribution is 7.99. The standard InChI is InChI=1S/C26H32FN5O2S/c1-18(19-11-13-20(27)14-12-19)29-25(33)17-35-26-31-30-24(32(26)22-8-4-3-5-9-22)16-28-21-7-6-10-23(15-21)34-2/h6-7,10-15,18,22,28H,3-5,8-9,16-17H2,1-2H3,(H,29,33)/t18-/m1/s1. The fraction of sp³-hybridized carbons (Fsp3) is 0.423. The van der Waals surface area contributed by atoms with E-state index in [1.165, 1.54) is 43.2 Å². The third-order valence-electron chi connectivity index (χ3n) is 6.28. The van der Waals surface area contributed by atoms with Gasteiger partial charge in [0, 0.05) is 17.8 Å². The minimum absolute atomic E-state index is 0.0962. The molecule has 0 radical (unpaired) electrons. The average molecular weight is 498 g/mol. The average Bonchev–Trinajstić information content (AvgIpc) is 3.30. The maximum absolute atomic E-state index is 13.2. The van der Waals surface area contributed by atoms with Crippen LogP contribution in [0.4, 0.5) is 10.1 Å². The van der Waals surface area contributed by atoms with Gasteiger partial charge in [-0.25, -0.2) is 4.39 Å². The molecule has 1 saturated carbocycles. The Kier molecular flexibility index (Phi) is 8.63. The van der Waals surface area contributed by atoms with E-state index in [-0.39, 0.29) is 23.5 Å². The smallest absolute Gasteiger partial charge is 0.230 e. The summed E-state index contributed by atoms with van der Waals surface area (Å²) in [6, 6.07) is 14.1. The molecular weight excluding hydrogens is 465 g/mol. The van der Waals surface area contributed by atoms with Crippen LogP contribution in [0.5, 0.6) is 5.75 Å². The van der Waals surface area contributed by atoms with E-state index in [0.29, 0.717) is 12.6 Å². The Morgan fingerprint density at radius 2 is 1.94 bits per heavy atom. The number of anilines is 1. The molecule has 0 aliphatic heterocycles. The first-order valence-corrected chi connectivity index (χ1v) is 13.0. The largest absolute Gasteiger partial charge is 0.497 e. The first kappa shape index (κ1) is 25.0. The first-order valence-electron chi connectivity index (χ1n) is 12.0. The minimum Gasteiger partial charge on any atom is -0.497 e. The summed E-state index contributed by atoms with van der Waals surface area (Å²) in [4.78, 5) is 12.6. The summed E-state index contributed by atoms with van der Waals surface area (Å²) in [6.45, 7) is 2.42. The van der Waals surface area contributed by atoms with Crippen LogP contribution in [0.1, 0.15) is 62.5 Å². The molecule has 0 unspecified atom stereocenters. The number of halogens is 1. The van der Waals surface area contributed by atoms with E-state index in [0.717, 1.165) is 40.8 Å². The van der Waals surface area contributed by atoms with Crippen molar-refractivity contribution in [3.8, 4) is 5.75 Å². The molecule has 3 aromatic rings. The molecule has 1 aliphatic rings. The molecule has 0 bridgehead atoms. The van der Waals surface area contributed by atoms with Gasteiger partial charge in [-0.2, -0.15) is 0 Å². The highest BCUT2D eigenvalue weighted by Crippen LogP contribution is 2.33. The first-order chi connectivity index (χ1) is 17.0.